The van der Waals surface area contributed by atoms with Crippen LogP contribution in [0.1, 0.15) is 16.8 Å². The van der Waals surface area contributed by atoms with Gasteiger partial charge >= 0.3 is 5.97 Å². The van der Waals surface area contributed by atoms with Crippen LogP contribution in [0.3, 0.4) is 0 Å². The van der Waals surface area contributed by atoms with Crippen LogP contribution in [0, 0.1) is 10.1 Å². The minimum atomic E-state index is -0.629. The van der Waals surface area contributed by atoms with Crippen molar-refractivity contribution < 1.29 is 19.2 Å². The Labute approximate surface area is 142 Å². The number of esters is 1. The van der Waals surface area contributed by atoms with E-state index in [4.69, 9.17) is 4.74 Å². The van der Waals surface area contributed by atoms with E-state index in [0.29, 0.717) is 42.1 Å². The average Bonchev–Trinajstić information content (AvgIpc) is 2.50. The number of carbonyl (C=O) groups excluding carboxylic acids is 1. The average molecular weight is 393 g/mol. The van der Waals surface area contributed by atoms with E-state index in [9.17, 15) is 14.9 Å². The predicted octanol–water partition coefficient (Wildman–Crippen LogP) is 2.89. The summed E-state index contributed by atoms with van der Waals surface area (Å²) >= 11 is 7.27. The Morgan fingerprint density at radius 1 is 1.45 bits per heavy atom. The highest BCUT2D eigenvalue weighted by Gasteiger charge is 2.21. The molecule has 1 N–H and O–H groups in total. The number of nitrogens with zero attached hydrogens (tertiary/aromatic N) is 1. The van der Waals surface area contributed by atoms with E-state index in [-0.39, 0.29) is 11.3 Å². The zero-order valence-electron chi connectivity index (χ0n) is 12.0. The second-order valence-electron chi connectivity index (χ2n) is 4.22. The lowest BCUT2D eigenvalue weighted by molar-refractivity contribution is -0.384. The largest absolute Gasteiger partial charge is 0.465 e. The number of methoxy groups -OCH3 is 1. The molecule has 1 aromatic rings. The summed E-state index contributed by atoms with van der Waals surface area (Å²) in [5, 5.41) is 14.2. The molecule has 0 saturated heterocycles. The number of carbonyl (C=O) groups is 1. The number of thiol groups is 1. The van der Waals surface area contributed by atoms with Crippen LogP contribution in [0.2, 0.25) is 0 Å². The maximum absolute atomic E-state index is 11.5. The van der Waals surface area contributed by atoms with E-state index in [1.807, 2.05) is 0 Å². The summed E-state index contributed by atoms with van der Waals surface area (Å²) in [6.07, 6.45) is 0.691. The first-order chi connectivity index (χ1) is 10.5. The van der Waals surface area contributed by atoms with Gasteiger partial charge in [0.25, 0.3) is 5.69 Å². The van der Waals surface area contributed by atoms with Crippen molar-refractivity contribution in [2.24, 2.45) is 0 Å². The number of nitro groups is 1. The number of anilines is 1. The number of rotatable bonds is 9. The Balaban J connectivity index is 2.80. The highest BCUT2D eigenvalue weighted by Crippen LogP contribution is 2.34. The predicted molar refractivity (Wildman–Crippen MR) is 89.9 cm³/mol. The molecule has 0 spiro atoms. The molecule has 22 heavy (non-hydrogen) atoms. The van der Waals surface area contributed by atoms with Crippen molar-refractivity contribution in [1.29, 1.82) is 0 Å². The summed E-state index contributed by atoms with van der Waals surface area (Å²) in [5.41, 5.74) is 0.252. The molecule has 0 aliphatic carbocycles. The molecule has 0 amide bonds. The Hall–Kier alpha value is -1.32. The van der Waals surface area contributed by atoms with E-state index in [1.165, 1.54) is 19.2 Å². The van der Waals surface area contributed by atoms with Gasteiger partial charge in [0.15, 0.2) is 0 Å². The lowest BCUT2D eigenvalue weighted by Gasteiger charge is -2.11. The minimum Gasteiger partial charge on any atom is -0.465 e. The molecule has 0 unspecified atom stereocenters. The Morgan fingerprint density at radius 2 is 2.18 bits per heavy atom. The maximum atomic E-state index is 11.5. The van der Waals surface area contributed by atoms with Crippen LogP contribution < -0.4 is 5.32 Å². The topological polar surface area (TPSA) is 90.7 Å². The van der Waals surface area contributed by atoms with Gasteiger partial charge in [0.2, 0.25) is 0 Å². The van der Waals surface area contributed by atoms with Gasteiger partial charge in [-0.2, -0.15) is 12.6 Å². The zero-order valence-corrected chi connectivity index (χ0v) is 14.5. The molecule has 0 aliphatic heterocycles. The van der Waals surface area contributed by atoms with Gasteiger partial charge in [-0.3, -0.25) is 10.1 Å². The Bertz CT molecular complexity index is 541. The van der Waals surface area contributed by atoms with E-state index >= 15 is 0 Å². The normalized spacial score (nSPS) is 10.3. The van der Waals surface area contributed by atoms with Gasteiger partial charge in [-0.15, -0.1) is 0 Å². The first kappa shape index (κ1) is 18.7. The van der Waals surface area contributed by atoms with Crippen LogP contribution in [0.15, 0.2) is 16.6 Å². The molecule has 9 heteroatoms. The first-order valence-corrected chi connectivity index (χ1v) is 7.92. The highest BCUT2D eigenvalue weighted by atomic mass is 79.9. The molecule has 0 fully saturated rings. The smallest absolute Gasteiger partial charge is 0.338 e. The number of halogens is 1. The van der Waals surface area contributed by atoms with Gasteiger partial charge in [0.1, 0.15) is 5.69 Å². The van der Waals surface area contributed by atoms with E-state index in [2.05, 4.69) is 38.6 Å². The second-order valence-corrected chi connectivity index (χ2v) is 5.52. The van der Waals surface area contributed by atoms with Gasteiger partial charge < -0.3 is 14.8 Å². The van der Waals surface area contributed by atoms with Crippen molar-refractivity contribution in [3.8, 4) is 0 Å². The van der Waals surface area contributed by atoms with Crippen LogP contribution in [0.5, 0.6) is 0 Å². The van der Waals surface area contributed by atoms with E-state index in [0.717, 1.165) is 0 Å². The lowest BCUT2D eigenvalue weighted by Crippen LogP contribution is -2.10. The van der Waals surface area contributed by atoms with E-state index < -0.39 is 10.9 Å². The molecule has 0 radical (unpaired) electrons. The molecule has 7 nitrogen and oxygen atoms in total. The third-order valence-electron chi connectivity index (χ3n) is 2.69. The molecular weight excluding hydrogens is 376 g/mol. The molecular formula is C13H17BrN2O5S. The molecule has 0 bridgehead atoms. The SMILES string of the molecule is COC(=O)c1cc(Br)c(NCCCOCCS)c([N+](=O)[O-])c1. The van der Waals surface area contributed by atoms with Gasteiger partial charge in [0.05, 0.1) is 24.2 Å². The molecule has 0 heterocycles. The summed E-state index contributed by atoms with van der Waals surface area (Å²) in [5.74, 6) is 0.0231. The molecule has 1 rings (SSSR count). The second kappa shape index (κ2) is 9.65. The lowest BCUT2D eigenvalue weighted by atomic mass is 10.1. The molecule has 1 aromatic carbocycles. The summed E-state index contributed by atoms with van der Waals surface area (Å²) in [4.78, 5) is 22.1. The number of ether oxygens (including phenoxy) is 2. The van der Waals surface area contributed by atoms with Crippen molar-refractivity contribution in [2.75, 3.05) is 37.9 Å². The fourth-order valence-corrected chi connectivity index (χ4v) is 2.42. The van der Waals surface area contributed by atoms with E-state index in [1.54, 1.807) is 0 Å². The minimum absolute atomic E-state index is 0.115. The maximum Gasteiger partial charge on any atom is 0.338 e. The molecule has 0 atom stereocenters. The third-order valence-corrected chi connectivity index (χ3v) is 3.50. The monoisotopic (exact) mass is 392 g/mol. The van der Waals surface area contributed by atoms with Gasteiger partial charge in [0, 0.05) is 29.4 Å². The quantitative estimate of drug-likeness (QED) is 0.220. The summed E-state index contributed by atoms with van der Waals surface area (Å²) in [7, 11) is 1.22. The molecule has 0 aliphatic rings. The highest BCUT2D eigenvalue weighted by molar-refractivity contribution is 9.10. The van der Waals surface area contributed by atoms with Crippen LogP contribution in [-0.2, 0) is 9.47 Å². The van der Waals surface area contributed by atoms with Crippen molar-refractivity contribution in [2.45, 2.75) is 6.42 Å². The van der Waals surface area contributed by atoms with Gasteiger partial charge in [-0.1, -0.05) is 0 Å². The van der Waals surface area contributed by atoms with Crippen LogP contribution in [-0.4, -0.2) is 43.5 Å². The van der Waals surface area contributed by atoms with Gasteiger partial charge in [-0.05, 0) is 28.4 Å². The van der Waals surface area contributed by atoms with Crippen molar-refractivity contribution >= 4 is 45.9 Å². The summed E-state index contributed by atoms with van der Waals surface area (Å²) in [6.45, 7) is 1.61. The summed E-state index contributed by atoms with van der Waals surface area (Å²) < 4.78 is 10.3. The molecule has 0 saturated carbocycles. The number of nitro benzene ring substituents is 1. The fraction of sp³-hybridized carbons (Fsp3) is 0.462. The van der Waals surface area contributed by atoms with Crippen molar-refractivity contribution in [3.05, 3.63) is 32.3 Å². The van der Waals surface area contributed by atoms with Crippen LogP contribution in [0.25, 0.3) is 0 Å². The Kier molecular flexibility index (Phi) is 8.21. The standard InChI is InChI=1S/C13H17BrN2O5S/c1-20-13(17)9-7-10(14)12(11(8-9)16(18)19)15-3-2-4-21-5-6-22/h7-8,15,22H,2-6H2,1H3. The molecule has 122 valence electrons. The number of hydrogen-bond donors (Lipinski definition) is 2. The number of nitrogens with one attached hydrogen (secondary N) is 1. The Morgan fingerprint density at radius 3 is 2.77 bits per heavy atom. The molecule has 0 aromatic heterocycles. The summed E-state index contributed by atoms with van der Waals surface area (Å²) in [6, 6.07) is 2.68. The zero-order chi connectivity index (χ0) is 16.5. The number of benzene rings is 1. The van der Waals surface area contributed by atoms with Gasteiger partial charge in [-0.25, -0.2) is 4.79 Å². The first-order valence-electron chi connectivity index (χ1n) is 6.50. The van der Waals surface area contributed by atoms with Crippen LogP contribution >= 0.6 is 28.6 Å². The fourth-order valence-electron chi connectivity index (χ4n) is 1.70. The van der Waals surface area contributed by atoms with Crippen molar-refractivity contribution in [3.63, 3.8) is 0 Å². The van der Waals surface area contributed by atoms with Crippen LogP contribution in [0.4, 0.5) is 11.4 Å². The van der Waals surface area contributed by atoms with Crippen molar-refractivity contribution in [1.82, 2.24) is 0 Å². The third kappa shape index (κ3) is 5.47. The number of hydrogen-bond acceptors (Lipinski definition) is 7.